The maximum atomic E-state index is 12.8. The molecule has 0 aromatic rings. The summed E-state index contributed by atoms with van der Waals surface area (Å²) in [6.07, 6.45) is 39.0. The van der Waals surface area contributed by atoms with Gasteiger partial charge in [-0.3, -0.25) is 9.59 Å². The summed E-state index contributed by atoms with van der Waals surface area (Å²) in [5.41, 5.74) is 0. The summed E-state index contributed by atoms with van der Waals surface area (Å²) in [5, 5.41) is 16.2. The van der Waals surface area contributed by atoms with E-state index in [2.05, 4.69) is 24.5 Å². The van der Waals surface area contributed by atoms with Crippen LogP contribution in [-0.2, 0) is 9.59 Å². The number of carbonyl (C=O) groups excluding carboxylic acids is 2. The van der Waals surface area contributed by atoms with Crippen LogP contribution in [0.5, 0.6) is 0 Å². The van der Waals surface area contributed by atoms with Crippen molar-refractivity contribution in [1.29, 1.82) is 0 Å². The third-order valence-corrected chi connectivity index (χ3v) is 10.0. The minimum absolute atomic E-state index is 0. The number of unbranched alkanes of at least 4 members (excludes halogenated alkanes) is 28. The van der Waals surface area contributed by atoms with Crippen molar-refractivity contribution in [2.24, 2.45) is 0 Å². The number of aliphatic hydroxyl groups is 1. The number of hydrogen-bond acceptors (Lipinski definition) is 4. The summed E-state index contributed by atoms with van der Waals surface area (Å²) in [6, 6.07) is 0. The van der Waals surface area contributed by atoms with Crippen molar-refractivity contribution < 1.29 is 14.7 Å². The lowest BCUT2D eigenvalue weighted by Gasteiger charge is -2.41. The average molecular weight is 703 g/mol. The summed E-state index contributed by atoms with van der Waals surface area (Å²) >= 11 is 0. The van der Waals surface area contributed by atoms with Crippen molar-refractivity contribution in [1.82, 2.24) is 15.5 Å². The van der Waals surface area contributed by atoms with Crippen molar-refractivity contribution in [3.05, 3.63) is 0 Å². The molecular formula is C41H84ClN3O3. The Labute approximate surface area is 305 Å². The van der Waals surface area contributed by atoms with Crippen LogP contribution in [0, 0.1) is 0 Å². The Kier molecular flexibility index (Phi) is 36.9. The Hall–Kier alpha value is -0.850. The van der Waals surface area contributed by atoms with Gasteiger partial charge in [0.1, 0.15) is 6.23 Å². The molecule has 0 fully saturated rings. The first kappa shape index (κ1) is 49.3. The average Bonchev–Trinajstić information content (AvgIpc) is 3.04. The number of nitrogens with zero attached hydrogens (tertiary/aromatic N) is 1. The molecular weight excluding hydrogens is 618 g/mol. The molecule has 0 bridgehead atoms. The molecule has 0 aliphatic rings. The van der Waals surface area contributed by atoms with Gasteiger partial charge < -0.3 is 15.7 Å². The topological polar surface area (TPSA) is 81.7 Å². The molecule has 0 aliphatic carbocycles. The quantitative estimate of drug-likeness (QED) is 0.0448. The molecule has 3 N–H and O–H groups in total. The fourth-order valence-electron chi connectivity index (χ4n) is 6.56. The van der Waals surface area contributed by atoms with Crippen molar-refractivity contribution in [2.75, 3.05) is 7.05 Å². The van der Waals surface area contributed by atoms with Crippen LogP contribution in [0.4, 0.5) is 0 Å². The first-order valence-electron chi connectivity index (χ1n) is 20.8. The molecule has 288 valence electrons. The highest BCUT2D eigenvalue weighted by Gasteiger charge is 2.34. The molecule has 2 amide bonds. The first-order valence-corrected chi connectivity index (χ1v) is 20.8. The molecule has 1 atom stereocenters. The third kappa shape index (κ3) is 31.2. The Morgan fingerprint density at radius 2 is 0.708 bits per heavy atom. The van der Waals surface area contributed by atoms with Crippen molar-refractivity contribution in [2.45, 2.75) is 245 Å². The van der Waals surface area contributed by atoms with E-state index in [1.807, 2.05) is 0 Å². The highest BCUT2D eigenvalue weighted by Crippen LogP contribution is 2.16. The summed E-state index contributed by atoms with van der Waals surface area (Å²) < 4.78 is 0. The van der Waals surface area contributed by atoms with Gasteiger partial charge in [-0.2, -0.15) is 0 Å². The smallest absolute Gasteiger partial charge is 0.222 e. The van der Waals surface area contributed by atoms with Crippen LogP contribution >= 0.6 is 12.4 Å². The zero-order chi connectivity index (χ0) is 34.9. The standard InChI is InChI=1S/C41H83N3O3.ClH/c1-6-8-10-12-14-16-18-20-22-24-26-28-30-32-34-36-39(46)42-41(4,44(5)38(3)45)43-40(47)37-35-33-31-29-27-25-23-21-19-17-15-13-11-9-7-2;/h38,45H,6-37H2,1-5H3,(H,42,46)(H,43,47);1H. The predicted octanol–water partition coefficient (Wildman–Crippen LogP) is 12.1. The van der Waals surface area contributed by atoms with E-state index in [0.29, 0.717) is 12.8 Å². The van der Waals surface area contributed by atoms with Crippen LogP contribution in [-0.4, -0.2) is 40.9 Å². The molecule has 0 aromatic carbocycles. The van der Waals surface area contributed by atoms with Gasteiger partial charge in [0.05, 0.1) is 0 Å². The fourth-order valence-corrected chi connectivity index (χ4v) is 6.56. The van der Waals surface area contributed by atoms with E-state index in [1.165, 1.54) is 167 Å². The van der Waals surface area contributed by atoms with Crippen molar-refractivity contribution in [3.8, 4) is 0 Å². The predicted molar refractivity (Wildman–Crippen MR) is 210 cm³/mol. The largest absolute Gasteiger partial charge is 0.379 e. The zero-order valence-corrected chi connectivity index (χ0v) is 33.6. The van der Waals surface area contributed by atoms with Crippen molar-refractivity contribution >= 4 is 24.2 Å². The second kappa shape index (κ2) is 36.0. The molecule has 0 radical (unpaired) electrons. The Balaban J connectivity index is 0. The monoisotopic (exact) mass is 702 g/mol. The molecule has 0 rings (SSSR count). The van der Waals surface area contributed by atoms with Gasteiger partial charge in [0.25, 0.3) is 0 Å². The van der Waals surface area contributed by atoms with Gasteiger partial charge in [-0.15, -0.1) is 12.4 Å². The van der Waals surface area contributed by atoms with Gasteiger partial charge in [-0.1, -0.05) is 194 Å². The lowest BCUT2D eigenvalue weighted by Crippen LogP contribution is -2.69. The molecule has 0 spiro atoms. The van der Waals surface area contributed by atoms with E-state index >= 15 is 0 Å². The summed E-state index contributed by atoms with van der Waals surface area (Å²) in [7, 11) is 1.73. The van der Waals surface area contributed by atoms with Gasteiger partial charge in [0.15, 0.2) is 5.79 Å². The molecule has 6 nitrogen and oxygen atoms in total. The van der Waals surface area contributed by atoms with Crippen LogP contribution < -0.4 is 10.6 Å². The Morgan fingerprint density at radius 3 is 0.917 bits per heavy atom. The molecule has 0 aromatic heterocycles. The van der Waals surface area contributed by atoms with Gasteiger partial charge in [0, 0.05) is 12.8 Å². The van der Waals surface area contributed by atoms with Crippen LogP contribution in [0.3, 0.4) is 0 Å². The number of amides is 2. The second-order valence-electron chi connectivity index (χ2n) is 14.8. The molecule has 48 heavy (non-hydrogen) atoms. The van der Waals surface area contributed by atoms with E-state index in [1.54, 1.807) is 25.8 Å². The van der Waals surface area contributed by atoms with E-state index in [-0.39, 0.29) is 24.2 Å². The maximum Gasteiger partial charge on any atom is 0.222 e. The molecule has 7 heteroatoms. The van der Waals surface area contributed by atoms with Gasteiger partial charge in [-0.05, 0) is 33.7 Å². The van der Waals surface area contributed by atoms with Crippen LogP contribution in [0.25, 0.3) is 0 Å². The molecule has 0 saturated heterocycles. The van der Waals surface area contributed by atoms with E-state index in [4.69, 9.17) is 0 Å². The van der Waals surface area contributed by atoms with Gasteiger partial charge in [-0.25, -0.2) is 4.90 Å². The summed E-state index contributed by atoms with van der Waals surface area (Å²) in [6.45, 7) is 7.97. The third-order valence-electron chi connectivity index (χ3n) is 10.0. The Bertz CT molecular complexity index is 658. The van der Waals surface area contributed by atoms with E-state index in [9.17, 15) is 14.7 Å². The lowest BCUT2D eigenvalue weighted by molar-refractivity contribution is -0.137. The highest BCUT2D eigenvalue weighted by molar-refractivity contribution is 5.85. The number of rotatable bonds is 36. The molecule has 1 unspecified atom stereocenters. The van der Waals surface area contributed by atoms with E-state index < -0.39 is 12.0 Å². The van der Waals surface area contributed by atoms with Crippen LogP contribution in [0.15, 0.2) is 0 Å². The summed E-state index contributed by atoms with van der Waals surface area (Å²) in [4.78, 5) is 27.3. The number of nitrogens with one attached hydrogen (secondary N) is 2. The van der Waals surface area contributed by atoms with Gasteiger partial charge >= 0.3 is 0 Å². The van der Waals surface area contributed by atoms with Crippen LogP contribution in [0.2, 0.25) is 0 Å². The normalized spacial score (nSPS) is 12.2. The molecule has 0 aliphatic heterocycles. The number of carbonyl (C=O) groups is 2. The minimum atomic E-state index is -1.12. The number of aliphatic hydroxyl groups excluding tert-OH is 1. The minimum Gasteiger partial charge on any atom is -0.379 e. The maximum absolute atomic E-state index is 12.8. The zero-order valence-electron chi connectivity index (χ0n) is 32.8. The molecule has 0 saturated carbocycles. The van der Waals surface area contributed by atoms with Crippen molar-refractivity contribution in [3.63, 3.8) is 0 Å². The fraction of sp³-hybridized carbons (Fsp3) is 0.951. The first-order chi connectivity index (χ1) is 22.8. The number of halogens is 1. The van der Waals surface area contributed by atoms with Crippen LogP contribution in [0.1, 0.15) is 233 Å². The summed E-state index contributed by atoms with van der Waals surface area (Å²) in [5.74, 6) is -1.28. The number of hydrogen-bond donors (Lipinski definition) is 3. The lowest BCUT2D eigenvalue weighted by atomic mass is 10.0. The van der Waals surface area contributed by atoms with Gasteiger partial charge in [0.2, 0.25) is 11.8 Å². The Morgan fingerprint density at radius 1 is 0.500 bits per heavy atom. The highest BCUT2D eigenvalue weighted by atomic mass is 35.5. The van der Waals surface area contributed by atoms with E-state index in [0.717, 1.165) is 25.7 Å². The second-order valence-corrected chi connectivity index (χ2v) is 14.8. The SMILES string of the molecule is CCCCCCCCCCCCCCCCCC(=O)NC(C)(NC(=O)CCCCCCCCCCCCCCCCC)N(C)C(C)O.Cl. The molecule has 0 heterocycles.